The Balaban J connectivity index is 1.32. The van der Waals surface area contributed by atoms with Gasteiger partial charge in [-0.2, -0.15) is 4.98 Å². The predicted octanol–water partition coefficient (Wildman–Crippen LogP) is 5.35. The van der Waals surface area contributed by atoms with E-state index in [1.165, 1.54) is 70.0 Å². The van der Waals surface area contributed by atoms with Gasteiger partial charge in [-0.3, -0.25) is 4.90 Å². The molecule has 0 N–H and O–H groups in total. The van der Waals surface area contributed by atoms with E-state index in [2.05, 4.69) is 40.4 Å². The predicted molar refractivity (Wildman–Crippen MR) is 108 cm³/mol. The van der Waals surface area contributed by atoms with Crippen LogP contribution in [-0.2, 0) is 12.8 Å². The third-order valence-electron chi connectivity index (χ3n) is 6.31. The summed E-state index contributed by atoms with van der Waals surface area (Å²) in [6.45, 7) is 2.41. The number of aryl methyl sites for hydroxylation is 2. The molecule has 1 saturated heterocycles. The molecule has 2 fully saturated rings. The highest BCUT2D eigenvalue weighted by Crippen LogP contribution is 2.33. The Morgan fingerprint density at radius 2 is 1.74 bits per heavy atom. The average molecular weight is 368 g/mol. The summed E-state index contributed by atoms with van der Waals surface area (Å²) in [5, 5.41) is 4.29. The first-order valence-electron chi connectivity index (χ1n) is 11.0. The van der Waals surface area contributed by atoms with Crippen molar-refractivity contribution in [2.24, 2.45) is 5.92 Å². The summed E-state index contributed by atoms with van der Waals surface area (Å²) in [5.74, 6) is 2.61. The van der Waals surface area contributed by atoms with Crippen LogP contribution in [-0.4, -0.2) is 28.1 Å². The molecule has 0 unspecified atom stereocenters. The molecule has 0 bridgehead atoms. The Bertz CT molecular complexity index is 678. The number of rotatable bonds is 7. The summed E-state index contributed by atoms with van der Waals surface area (Å²) < 4.78 is 5.72. The van der Waals surface area contributed by atoms with Gasteiger partial charge in [0.1, 0.15) is 0 Å². The molecule has 1 saturated carbocycles. The Hall–Kier alpha value is -1.68. The van der Waals surface area contributed by atoms with Gasteiger partial charge in [0.05, 0.1) is 6.04 Å². The molecule has 4 heteroatoms. The van der Waals surface area contributed by atoms with E-state index in [0.717, 1.165) is 36.9 Å². The molecule has 1 atom stereocenters. The number of benzene rings is 1. The van der Waals surface area contributed by atoms with Crippen LogP contribution in [0.1, 0.15) is 81.1 Å². The first-order valence-corrected chi connectivity index (χ1v) is 11.0. The number of piperidine rings is 1. The summed E-state index contributed by atoms with van der Waals surface area (Å²) >= 11 is 0. The van der Waals surface area contributed by atoms with Gasteiger partial charge >= 0.3 is 0 Å². The molecule has 1 aliphatic carbocycles. The van der Waals surface area contributed by atoms with Gasteiger partial charge in [0.25, 0.3) is 0 Å². The second kappa shape index (κ2) is 9.50. The van der Waals surface area contributed by atoms with Crippen LogP contribution in [0.5, 0.6) is 0 Å². The minimum atomic E-state index is 0.344. The SMILES string of the molecule is c1ccc(CCCc2noc([C@@H]3CCCCN3CC3CCCCC3)n2)cc1. The highest BCUT2D eigenvalue weighted by Gasteiger charge is 2.30. The van der Waals surface area contributed by atoms with Crippen molar-refractivity contribution in [3.8, 4) is 0 Å². The van der Waals surface area contributed by atoms with Gasteiger partial charge in [0.15, 0.2) is 5.82 Å². The van der Waals surface area contributed by atoms with Gasteiger partial charge < -0.3 is 4.52 Å². The number of hydrogen-bond donors (Lipinski definition) is 0. The summed E-state index contributed by atoms with van der Waals surface area (Å²) in [7, 11) is 0. The lowest BCUT2D eigenvalue weighted by molar-refractivity contribution is 0.0908. The van der Waals surface area contributed by atoms with Gasteiger partial charge in [-0.15, -0.1) is 0 Å². The van der Waals surface area contributed by atoms with Crippen molar-refractivity contribution in [1.29, 1.82) is 0 Å². The number of likely N-dealkylation sites (tertiary alicyclic amines) is 1. The normalized spacial score (nSPS) is 22.1. The summed E-state index contributed by atoms with van der Waals surface area (Å²) in [6, 6.07) is 11.0. The fraction of sp³-hybridized carbons (Fsp3) is 0.652. The maximum absolute atomic E-state index is 5.72. The third-order valence-corrected chi connectivity index (χ3v) is 6.31. The van der Waals surface area contributed by atoms with Crippen LogP contribution < -0.4 is 0 Å². The standard InChI is InChI=1S/C23H33N3O/c1-3-10-19(11-4-1)14-9-16-22-24-23(27-25-22)21-15-7-8-17-26(21)18-20-12-5-2-6-13-20/h1,3-4,10-11,20-21H,2,5-9,12-18H2/t21-/m0/s1. The minimum absolute atomic E-state index is 0.344. The Kier molecular flexibility index (Phi) is 6.57. The van der Waals surface area contributed by atoms with Crippen LogP contribution in [0.25, 0.3) is 0 Å². The molecule has 4 rings (SSSR count). The monoisotopic (exact) mass is 367 g/mol. The highest BCUT2D eigenvalue weighted by atomic mass is 16.5. The molecule has 2 heterocycles. The van der Waals surface area contributed by atoms with Gasteiger partial charge in [0.2, 0.25) is 5.89 Å². The van der Waals surface area contributed by atoms with Crippen molar-refractivity contribution >= 4 is 0 Å². The molecule has 146 valence electrons. The van der Waals surface area contributed by atoms with Crippen molar-refractivity contribution in [3.63, 3.8) is 0 Å². The first kappa shape index (κ1) is 18.7. The summed E-state index contributed by atoms with van der Waals surface area (Å²) in [5.41, 5.74) is 1.38. The molecular formula is C23H33N3O. The van der Waals surface area contributed by atoms with E-state index < -0.39 is 0 Å². The van der Waals surface area contributed by atoms with Crippen LogP contribution in [0.15, 0.2) is 34.9 Å². The van der Waals surface area contributed by atoms with E-state index >= 15 is 0 Å². The van der Waals surface area contributed by atoms with Crippen molar-refractivity contribution in [1.82, 2.24) is 15.0 Å². The van der Waals surface area contributed by atoms with E-state index in [4.69, 9.17) is 9.51 Å². The molecule has 1 aromatic heterocycles. The maximum Gasteiger partial charge on any atom is 0.243 e. The third kappa shape index (κ3) is 5.19. The highest BCUT2D eigenvalue weighted by molar-refractivity contribution is 5.14. The lowest BCUT2D eigenvalue weighted by Gasteiger charge is -2.36. The van der Waals surface area contributed by atoms with E-state index in [9.17, 15) is 0 Å². The van der Waals surface area contributed by atoms with Crippen LogP contribution in [0.4, 0.5) is 0 Å². The zero-order chi connectivity index (χ0) is 18.3. The lowest BCUT2D eigenvalue weighted by atomic mass is 9.88. The van der Waals surface area contributed by atoms with E-state index in [0.29, 0.717) is 6.04 Å². The van der Waals surface area contributed by atoms with Gasteiger partial charge in [-0.05, 0) is 56.6 Å². The van der Waals surface area contributed by atoms with Crippen LogP contribution in [0.3, 0.4) is 0 Å². The van der Waals surface area contributed by atoms with E-state index in [1.54, 1.807) is 0 Å². The molecule has 1 aliphatic heterocycles. The number of nitrogens with zero attached hydrogens (tertiary/aromatic N) is 3. The smallest absolute Gasteiger partial charge is 0.243 e. The maximum atomic E-state index is 5.72. The fourth-order valence-corrected chi connectivity index (χ4v) is 4.79. The second-order valence-corrected chi connectivity index (χ2v) is 8.40. The van der Waals surface area contributed by atoms with Crippen molar-refractivity contribution in [2.75, 3.05) is 13.1 Å². The first-order chi connectivity index (χ1) is 13.4. The molecule has 27 heavy (non-hydrogen) atoms. The largest absolute Gasteiger partial charge is 0.338 e. The molecule has 4 nitrogen and oxygen atoms in total. The molecule has 1 aromatic carbocycles. The van der Waals surface area contributed by atoms with Gasteiger partial charge in [0, 0.05) is 13.0 Å². The molecule has 0 radical (unpaired) electrons. The van der Waals surface area contributed by atoms with Crippen LogP contribution >= 0.6 is 0 Å². The van der Waals surface area contributed by atoms with E-state index in [1.807, 2.05) is 0 Å². The number of hydrogen-bond acceptors (Lipinski definition) is 4. The average Bonchev–Trinajstić information content (AvgIpc) is 3.19. The molecule has 0 spiro atoms. The van der Waals surface area contributed by atoms with Gasteiger partial charge in [-0.1, -0.05) is 61.2 Å². The Morgan fingerprint density at radius 3 is 2.59 bits per heavy atom. The second-order valence-electron chi connectivity index (χ2n) is 8.40. The quantitative estimate of drug-likeness (QED) is 0.661. The topological polar surface area (TPSA) is 42.2 Å². The zero-order valence-electron chi connectivity index (χ0n) is 16.5. The zero-order valence-corrected chi connectivity index (χ0v) is 16.5. The lowest BCUT2D eigenvalue weighted by Crippen LogP contribution is -2.37. The number of aromatic nitrogens is 2. The van der Waals surface area contributed by atoms with E-state index in [-0.39, 0.29) is 0 Å². The molecule has 0 amide bonds. The fourth-order valence-electron chi connectivity index (χ4n) is 4.79. The Labute approximate surface area is 163 Å². The van der Waals surface area contributed by atoms with Crippen molar-refractivity contribution in [3.05, 3.63) is 47.6 Å². The van der Waals surface area contributed by atoms with Crippen LogP contribution in [0.2, 0.25) is 0 Å². The molecular weight excluding hydrogens is 334 g/mol. The summed E-state index contributed by atoms with van der Waals surface area (Å²) in [6.07, 6.45) is 13.8. The summed E-state index contributed by atoms with van der Waals surface area (Å²) in [4.78, 5) is 7.43. The molecule has 2 aliphatic rings. The molecule has 2 aromatic rings. The minimum Gasteiger partial charge on any atom is -0.338 e. The van der Waals surface area contributed by atoms with Crippen LogP contribution in [0, 0.1) is 5.92 Å². The Morgan fingerprint density at radius 1 is 0.926 bits per heavy atom. The van der Waals surface area contributed by atoms with Gasteiger partial charge in [-0.25, -0.2) is 0 Å². The van der Waals surface area contributed by atoms with Crippen molar-refractivity contribution < 1.29 is 4.52 Å². The van der Waals surface area contributed by atoms with Crippen molar-refractivity contribution in [2.45, 2.75) is 76.7 Å².